The molecule has 5 rings (SSSR count). The molecule has 2 aliphatic rings. The molecule has 3 heterocycles. The summed E-state index contributed by atoms with van der Waals surface area (Å²) in [7, 11) is 2.99. The fourth-order valence-electron chi connectivity index (χ4n) is 5.61. The minimum absolute atomic E-state index is 0.0817. The predicted octanol–water partition coefficient (Wildman–Crippen LogP) is 4.09. The maximum Gasteiger partial charge on any atom is 0.315 e. The van der Waals surface area contributed by atoms with Crippen LogP contribution in [0, 0.1) is 16.0 Å². The second-order valence-corrected chi connectivity index (χ2v) is 10.0. The van der Waals surface area contributed by atoms with Crippen molar-refractivity contribution in [1.82, 2.24) is 15.0 Å². The van der Waals surface area contributed by atoms with Crippen molar-refractivity contribution in [1.29, 1.82) is 0 Å². The molecule has 3 aromatic rings. The smallest absolute Gasteiger partial charge is 0.315 e. The number of anilines is 1. The van der Waals surface area contributed by atoms with Crippen LogP contribution in [-0.2, 0) is 16.1 Å². The van der Waals surface area contributed by atoms with Gasteiger partial charge in [0.2, 0.25) is 0 Å². The van der Waals surface area contributed by atoms with Gasteiger partial charge in [-0.2, -0.15) is 4.98 Å². The number of benzene rings is 2. The number of nitro groups is 1. The van der Waals surface area contributed by atoms with E-state index in [0.717, 1.165) is 37.6 Å². The van der Waals surface area contributed by atoms with Crippen molar-refractivity contribution in [2.45, 2.75) is 26.3 Å². The van der Waals surface area contributed by atoms with Crippen LogP contribution in [0.2, 0.25) is 0 Å². The molecule has 12 heteroatoms. The maximum absolute atomic E-state index is 13.0. The lowest BCUT2D eigenvalue weighted by Gasteiger charge is -2.36. The predicted molar refractivity (Wildman–Crippen MR) is 152 cm³/mol. The van der Waals surface area contributed by atoms with E-state index in [9.17, 15) is 14.9 Å². The number of non-ortho nitro benzene ring substituents is 1. The van der Waals surface area contributed by atoms with Crippen LogP contribution < -0.4 is 9.64 Å². The molecule has 0 bridgehead atoms. The minimum Gasteiger partial charge on any atom is -0.495 e. The monoisotopic (exact) mass is 560 g/mol. The van der Waals surface area contributed by atoms with Gasteiger partial charge in [0.15, 0.2) is 5.82 Å². The Morgan fingerprint density at radius 2 is 1.85 bits per heavy atom. The molecule has 2 aromatic carbocycles. The van der Waals surface area contributed by atoms with Crippen LogP contribution in [-0.4, -0.2) is 72.0 Å². The topological polar surface area (TPSA) is 136 Å². The lowest BCUT2D eigenvalue weighted by molar-refractivity contribution is -0.384. The van der Waals surface area contributed by atoms with Crippen molar-refractivity contribution in [2.24, 2.45) is 10.9 Å². The van der Waals surface area contributed by atoms with E-state index in [1.54, 1.807) is 33.1 Å². The summed E-state index contributed by atoms with van der Waals surface area (Å²) in [6, 6.07) is 14.2. The number of rotatable bonds is 8. The number of carbonyl (C=O) groups is 1. The Balaban J connectivity index is 1.39. The van der Waals surface area contributed by atoms with Gasteiger partial charge >= 0.3 is 5.97 Å². The van der Waals surface area contributed by atoms with Crippen LogP contribution in [0.3, 0.4) is 0 Å². The molecule has 12 nitrogen and oxygen atoms in total. The number of carbonyl (C=O) groups excluding carboxylic acids is 1. The molecule has 0 amide bonds. The van der Waals surface area contributed by atoms with Crippen LogP contribution in [0.15, 0.2) is 63.7 Å². The summed E-state index contributed by atoms with van der Waals surface area (Å²) in [5.74, 6) is -0.380. The molecule has 214 valence electrons. The summed E-state index contributed by atoms with van der Waals surface area (Å²) in [5, 5.41) is 15.8. The number of piperazine rings is 1. The molecule has 41 heavy (non-hydrogen) atoms. The van der Waals surface area contributed by atoms with Gasteiger partial charge in [-0.05, 0) is 31.5 Å². The fourth-order valence-corrected chi connectivity index (χ4v) is 5.61. The van der Waals surface area contributed by atoms with Gasteiger partial charge in [-0.25, -0.2) is 0 Å². The fraction of sp³-hybridized carbons (Fsp3) is 0.379. The number of para-hydroxylation sites is 2. The highest BCUT2D eigenvalue weighted by molar-refractivity contribution is 6.06. The van der Waals surface area contributed by atoms with E-state index in [1.165, 1.54) is 19.2 Å². The van der Waals surface area contributed by atoms with E-state index >= 15 is 0 Å². The van der Waals surface area contributed by atoms with E-state index < -0.39 is 22.7 Å². The molecule has 0 saturated carbocycles. The molecule has 2 atom stereocenters. The average Bonchev–Trinajstić information content (AvgIpc) is 3.44. The molecular formula is C29H32N6O6. The van der Waals surface area contributed by atoms with Crippen LogP contribution in [0.1, 0.15) is 37.0 Å². The molecule has 2 aliphatic heterocycles. The van der Waals surface area contributed by atoms with Gasteiger partial charge in [-0.15, -0.1) is 0 Å². The minimum atomic E-state index is -0.806. The first kappa shape index (κ1) is 28.0. The number of hydrogen-bond acceptors (Lipinski definition) is 11. The molecule has 0 aliphatic carbocycles. The Hall–Kier alpha value is -4.58. The summed E-state index contributed by atoms with van der Waals surface area (Å²) in [6.07, 6.45) is 0. The number of hydrogen-bond donors (Lipinski definition) is 0. The average molecular weight is 561 g/mol. The van der Waals surface area contributed by atoms with E-state index in [4.69, 9.17) is 19.0 Å². The highest BCUT2D eigenvalue weighted by atomic mass is 16.6. The van der Waals surface area contributed by atoms with Crippen LogP contribution in [0.4, 0.5) is 11.4 Å². The summed E-state index contributed by atoms with van der Waals surface area (Å²) in [5.41, 5.74) is 3.24. The number of nitrogens with zero attached hydrogens (tertiary/aromatic N) is 6. The zero-order valence-electron chi connectivity index (χ0n) is 23.4. The van der Waals surface area contributed by atoms with E-state index in [2.05, 4.69) is 26.0 Å². The number of nitro benzene ring substituents is 1. The van der Waals surface area contributed by atoms with Gasteiger partial charge < -0.3 is 18.9 Å². The zero-order chi connectivity index (χ0) is 29.1. The standard InChI is InChI=1S/C29H32N6O6/c1-18-25(27(26(19(2)30-18)29(36)40-4)20-8-7-9-21(16-20)35(37)38)28-31-24(32-41-28)17-33-12-14-34(15-13-33)22-10-5-6-11-23(22)39-3/h5-11,16,26-27H,12-15,17H2,1-4H3. The van der Waals surface area contributed by atoms with Crippen LogP contribution in [0.25, 0.3) is 5.57 Å². The lowest BCUT2D eigenvalue weighted by atomic mass is 9.75. The first-order valence-electron chi connectivity index (χ1n) is 13.3. The first-order valence-corrected chi connectivity index (χ1v) is 13.3. The van der Waals surface area contributed by atoms with Gasteiger partial charge in [-0.1, -0.05) is 29.4 Å². The first-order chi connectivity index (χ1) is 19.8. The van der Waals surface area contributed by atoms with Crippen molar-refractivity contribution in [3.8, 4) is 5.75 Å². The maximum atomic E-state index is 13.0. The molecule has 1 fully saturated rings. The lowest BCUT2D eigenvalue weighted by Crippen LogP contribution is -2.46. The Labute approximate surface area is 237 Å². The van der Waals surface area contributed by atoms with Gasteiger partial charge in [-0.3, -0.25) is 24.8 Å². The summed E-state index contributed by atoms with van der Waals surface area (Å²) < 4.78 is 16.4. The third-order valence-corrected chi connectivity index (χ3v) is 7.59. The SMILES string of the molecule is COC(=O)C1C(C)=NC(C)=C(c2nc(CN3CCN(c4ccccc4OC)CC3)no2)C1c1cccc([N+](=O)[O-])c1. The number of methoxy groups -OCH3 is 2. The van der Waals surface area contributed by atoms with Crippen molar-refractivity contribution >= 4 is 28.6 Å². The Kier molecular flexibility index (Phi) is 8.11. The molecule has 1 saturated heterocycles. The quantitative estimate of drug-likeness (QED) is 0.225. The summed E-state index contributed by atoms with van der Waals surface area (Å²) >= 11 is 0. The highest BCUT2D eigenvalue weighted by Crippen LogP contribution is 2.44. The van der Waals surface area contributed by atoms with Crippen molar-refractivity contribution in [3.63, 3.8) is 0 Å². The highest BCUT2D eigenvalue weighted by Gasteiger charge is 2.42. The van der Waals surface area contributed by atoms with Crippen LogP contribution >= 0.6 is 0 Å². The third-order valence-electron chi connectivity index (χ3n) is 7.59. The largest absolute Gasteiger partial charge is 0.495 e. The number of esters is 1. The summed E-state index contributed by atoms with van der Waals surface area (Å²) in [6.45, 7) is 7.27. The molecule has 2 unspecified atom stereocenters. The molecule has 1 aromatic heterocycles. The Morgan fingerprint density at radius 1 is 1.10 bits per heavy atom. The normalized spacial score (nSPS) is 19.6. The molecular weight excluding hydrogens is 528 g/mol. The Morgan fingerprint density at radius 3 is 2.56 bits per heavy atom. The second kappa shape index (κ2) is 11.9. The number of aliphatic imine (C=N–C) groups is 1. The zero-order valence-corrected chi connectivity index (χ0v) is 23.4. The van der Waals surface area contributed by atoms with Crippen molar-refractivity contribution in [3.05, 3.63) is 81.6 Å². The van der Waals surface area contributed by atoms with E-state index in [0.29, 0.717) is 34.9 Å². The van der Waals surface area contributed by atoms with Crippen molar-refractivity contribution in [2.75, 3.05) is 45.3 Å². The number of aromatic nitrogens is 2. The van der Waals surface area contributed by atoms with Crippen molar-refractivity contribution < 1.29 is 23.7 Å². The number of ether oxygens (including phenoxy) is 2. The molecule has 0 spiro atoms. The van der Waals surface area contributed by atoms with Gasteiger partial charge in [0.05, 0.1) is 31.4 Å². The van der Waals surface area contributed by atoms with E-state index in [-0.39, 0.29) is 11.6 Å². The van der Waals surface area contributed by atoms with E-state index in [1.807, 2.05) is 18.2 Å². The third kappa shape index (κ3) is 5.68. The van der Waals surface area contributed by atoms with Gasteiger partial charge in [0.1, 0.15) is 11.7 Å². The molecule has 0 N–H and O–H groups in total. The summed E-state index contributed by atoms with van der Waals surface area (Å²) in [4.78, 5) is 37.9. The number of allylic oxidation sites excluding steroid dienone is 2. The second-order valence-electron chi connectivity index (χ2n) is 10.0. The molecule has 0 radical (unpaired) electrons. The van der Waals surface area contributed by atoms with Gasteiger partial charge in [0.25, 0.3) is 11.6 Å². The Bertz CT molecular complexity index is 1510. The van der Waals surface area contributed by atoms with Crippen LogP contribution in [0.5, 0.6) is 5.75 Å². The van der Waals surface area contributed by atoms with Gasteiger partial charge in [0, 0.05) is 61.2 Å².